The van der Waals surface area contributed by atoms with Crippen molar-refractivity contribution in [3.05, 3.63) is 72.6 Å². The third-order valence-corrected chi connectivity index (χ3v) is 3.93. The molecule has 0 aliphatic carbocycles. The molecule has 0 saturated heterocycles. The number of hydrogen-bond donors (Lipinski definition) is 3. The Kier molecular flexibility index (Phi) is 5.84. The van der Waals surface area contributed by atoms with Gasteiger partial charge in [0.05, 0.1) is 11.9 Å². The van der Waals surface area contributed by atoms with Gasteiger partial charge in [-0.1, -0.05) is 24.3 Å². The fourth-order valence-electron chi connectivity index (χ4n) is 2.56. The zero-order valence-electron chi connectivity index (χ0n) is 15.0. The Balaban J connectivity index is 1.54. The van der Waals surface area contributed by atoms with Crippen LogP contribution in [-0.4, -0.2) is 28.8 Å². The first-order valence-corrected chi connectivity index (χ1v) is 8.61. The molecule has 3 rings (SSSR count). The predicted molar refractivity (Wildman–Crippen MR) is 105 cm³/mol. The number of carbonyl (C=O) groups is 2. The molecular weight excluding hydrogens is 342 g/mol. The van der Waals surface area contributed by atoms with E-state index in [1.807, 2.05) is 36.5 Å². The van der Waals surface area contributed by atoms with Crippen molar-refractivity contribution in [3.8, 4) is 5.69 Å². The molecule has 0 aliphatic rings. The van der Waals surface area contributed by atoms with E-state index in [4.69, 9.17) is 0 Å². The van der Waals surface area contributed by atoms with Crippen LogP contribution in [0, 0.1) is 0 Å². The Morgan fingerprint density at radius 1 is 1.00 bits per heavy atom. The summed E-state index contributed by atoms with van der Waals surface area (Å²) < 4.78 is 1.79. The predicted octanol–water partition coefficient (Wildman–Crippen LogP) is 3.19. The van der Waals surface area contributed by atoms with Crippen LogP contribution >= 0.6 is 0 Å². The summed E-state index contributed by atoms with van der Waals surface area (Å²) in [5, 5.41) is 12.3. The number of nitrogens with one attached hydrogen (secondary N) is 3. The van der Waals surface area contributed by atoms with Crippen molar-refractivity contribution in [2.45, 2.75) is 12.8 Å². The monoisotopic (exact) mass is 363 g/mol. The number of carbonyl (C=O) groups excluding carboxylic acids is 2. The largest absolute Gasteiger partial charge is 0.341 e. The van der Waals surface area contributed by atoms with E-state index in [-0.39, 0.29) is 11.9 Å². The number of nitrogens with zero attached hydrogens (tertiary/aromatic N) is 2. The van der Waals surface area contributed by atoms with Crippen molar-refractivity contribution in [2.24, 2.45) is 0 Å². The highest BCUT2D eigenvalue weighted by Gasteiger charge is 2.07. The number of urea groups is 1. The lowest BCUT2D eigenvalue weighted by molar-refractivity contribution is -0.116. The molecule has 0 bridgehead atoms. The molecule has 0 unspecified atom stereocenters. The fourth-order valence-corrected chi connectivity index (χ4v) is 2.56. The number of aryl methyl sites for hydroxylation is 1. The summed E-state index contributed by atoms with van der Waals surface area (Å²) in [6.45, 7) is 0. The molecule has 7 heteroatoms. The van der Waals surface area contributed by atoms with E-state index < -0.39 is 0 Å². The van der Waals surface area contributed by atoms with Gasteiger partial charge in [0.1, 0.15) is 0 Å². The first-order chi connectivity index (χ1) is 13.1. The Hall–Kier alpha value is -3.61. The average Bonchev–Trinajstić information content (AvgIpc) is 3.16. The van der Waals surface area contributed by atoms with Gasteiger partial charge in [0.2, 0.25) is 5.91 Å². The summed E-state index contributed by atoms with van der Waals surface area (Å²) in [7, 11) is 1.54. The highest BCUT2D eigenvalue weighted by Crippen LogP contribution is 2.16. The van der Waals surface area contributed by atoms with Crippen molar-refractivity contribution in [2.75, 3.05) is 17.7 Å². The van der Waals surface area contributed by atoms with Crippen LogP contribution in [0.25, 0.3) is 5.69 Å². The van der Waals surface area contributed by atoms with Crippen LogP contribution in [0.5, 0.6) is 0 Å². The summed E-state index contributed by atoms with van der Waals surface area (Å²) in [4.78, 5) is 23.6. The van der Waals surface area contributed by atoms with Gasteiger partial charge in [0, 0.05) is 31.0 Å². The highest BCUT2D eigenvalue weighted by atomic mass is 16.2. The van der Waals surface area contributed by atoms with Crippen LogP contribution < -0.4 is 16.0 Å². The SMILES string of the molecule is CNC(=O)Nc1cccc(NC(=O)CCc2cnn(-c3ccccc3)c2)c1. The molecule has 0 atom stereocenters. The van der Waals surface area contributed by atoms with Crippen LogP contribution in [0.2, 0.25) is 0 Å². The molecule has 3 aromatic rings. The maximum Gasteiger partial charge on any atom is 0.318 e. The molecule has 1 heterocycles. The van der Waals surface area contributed by atoms with E-state index in [0.29, 0.717) is 24.2 Å². The average molecular weight is 363 g/mol. The minimum Gasteiger partial charge on any atom is -0.341 e. The number of aromatic nitrogens is 2. The smallest absolute Gasteiger partial charge is 0.318 e. The van der Waals surface area contributed by atoms with E-state index in [2.05, 4.69) is 21.0 Å². The van der Waals surface area contributed by atoms with E-state index in [1.54, 1.807) is 42.2 Å². The molecule has 3 amide bonds. The molecular formula is C20H21N5O2. The Bertz CT molecular complexity index is 921. The lowest BCUT2D eigenvalue weighted by Gasteiger charge is -2.08. The third-order valence-electron chi connectivity index (χ3n) is 3.93. The maximum absolute atomic E-state index is 12.2. The van der Waals surface area contributed by atoms with Gasteiger partial charge in [-0.25, -0.2) is 9.48 Å². The Labute approximate surface area is 157 Å². The minimum absolute atomic E-state index is 0.0976. The third kappa shape index (κ3) is 5.18. The van der Waals surface area contributed by atoms with E-state index in [1.165, 1.54) is 0 Å². The number of benzene rings is 2. The van der Waals surface area contributed by atoms with Crippen molar-refractivity contribution in [1.82, 2.24) is 15.1 Å². The quantitative estimate of drug-likeness (QED) is 0.628. The van der Waals surface area contributed by atoms with Crippen molar-refractivity contribution in [3.63, 3.8) is 0 Å². The van der Waals surface area contributed by atoms with Gasteiger partial charge in [-0.3, -0.25) is 4.79 Å². The van der Waals surface area contributed by atoms with Crippen molar-refractivity contribution < 1.29 is 9.59 Å². The second-order valence-corrected chi connectivity index (χ2v) is 5.96. The fraction of sp³-hybridized carbons (Fsp3) is 0.150. The lowest BCUT2D eigenvalue weighted by atomic mass is 10.2. The van der Waals surface area contributed by atoms with Gasteiger partial charge in [0.25, 0.3) is 0 Å². The first kappa shape index (κ1) is 18.2. The van der Waals surface area contributed by atoms with Gasteiger partial charge in [-0.2, -0.15) is 5.10 Å². The zero-order chi connectivity index (χ0) is 19.1. The van der Waals surface area contributed by atoms with E-state index >= 15 is 0 Å². The topological polar surface area (TPSA) is 88.1 Å². The summed E-state index contributed by atoms with van der Waals surface area (Å²) in [6.07, 6.45) is 4.63. The van der Waals surface area contributed by atoms with Crippen molar-refractivity contribution >= 4 is 23.3 Å². The molecule has 0 aliphatic heterocycles. The molecule has 0 radical (unpaired) electrons. The van der Waals surface area contributed by atoms with E-state index in [0.717, 1.165) is 11.3 Å². The van der Waals surface area contributed by atoms with Gasteiger partial charge in [-0.15, -0.1) is 0 Å². The first-order valence-electron chi connectivity index (χ1n) is 8.61. The number of para-hydroxylation sites is 1. The van der Waals surface area contributed by atoms with Crippen LogP contribution in [0.4, 0.5) is 16.2 Å². The normalized spacial score (nSPS) is 10.3. The molecule has 27 heavy (non-hydrogen) atoms. The second-order valence-electron chi connectivity index (χ2n) is 5.96. The molecule has 0 saturated carbocycles. The Morgan fingerprint density at radius 2 is 1.74 bits per heavy atom. The summed E-state index contributed by atoms with van der Waals surface area (Å²) in [6, 6.07) is 16.5. The number of rotatable bonds is 6. The van der Waals surface area contributed by atoms with Crippen LogP contribution in [0.3, 0.4) is 0 Å². The number of hydrogen-bond acceptors (Lipinski definition) is 3. The molecule has 138 valence electrons. The van der Waals surface area contributed by atoms with Gasteiger partial charge < -0.3 is 16.0 Å². The molecule has 0 spiro atoms. The van der Waals surface area contributed by atoms with Gasteiger partial charge in [-0.05, 0) is 42.3 Å². The van der Waals surface area contributed by atoms with Gasteiger partial charge in [0.15, 0.2) is 0 Å². The summed E-state index contributed by atoms with van der Waals surface area (Å²) >= 11 is 0. The van der Waals surface area contributed by atoms with E-state index in [9.17, 15) is 9.59 Å². The molecule has 2 aromatic carbocycles. The molecule has 1 aromatic heterocycles. The molecule has 0 fully saturated rings. The maximum atomic E-state index is 12.2. The number of amides is 3. The highest BCUT2D eigenvalue weighted by molar-refractivity contribution is 5.93. The zero-order valence-corrected chi connectivity index (χ0v) is 15.0. The summed E-state index contributed by atoms with van der Waals surface area (Å²) in [5.74, 6) is -0.0976. The van der Waals surface area contributed by atoms with Crippen molar-refractivity contribution in [1.29, 1.82) is 0 Å². The van der Waals surface area contributed by atoms with Crippen LogP contribution in [-0.2, 0) is 11.2 Å². The lowest BCUT2D eigenvalue weighted by Crippen LogP contribution is -2.24. The molecule has 7 nitrogen and oxygen atoms in total. The summed E-state index contributed by atoms with van der Waals surface area (Å²) in [5.41, 5.74) is 3.21. The standard InChI is InChI=1S/C20H21N5O2/c1-21-20(27)24-17-7-5-6-16(12-17)23-19(26)11-10-15-13-22-25(14-15)18-8-3-2-4-9-18/h2-9,12-14H,10-11H2,1H3,(H,23,26)(H2,21,24,27). The Morgan fingerprint density at radius 3 is 2.48 bits per heavy atom. The van der Waals surface area contributed by atoms with Gasteiger partial charge >= 0.3 is 6.03 Å². The number of anilines is 2. The minimum atomic E-state index is -0.311. The van der Waals surface area contributed by atoms with Crippen LogP contribution in [0.1, 0.15) is 12.0 Å². The second kappa shape index (κ2) is 8.66. The molecule has 3 N–H and O–H groups in total. The van der Waals surface area contributed by atoms with Crippen LogP contribution in [0.15, 0.2) is 67.0 Å².